The number of rotatable bonds is 6. The topological polar surface area (TPSA) is 67.4 Å². The van der Waals surface area contributed by atoms with Gasteiger partial charge in [0.2, 0.25) is 0 Å². The summed E-state index contributed by atoms with van der Waals surface area (Å²) in [6.07, 6.45) is 0.513. The summed E-state index contributed by atoms with van der Waals surface area (Å²) in [5.41, 5.74) is 0.0663. The molecule has 0 heterocycles. The Morgan fingerprint density at radius 2 is 1.88 bits per heavy atom. The summed E-state index contributed by atoms with van der Waals surface area (Å²) in [7, 11) is 1.52. The Kier molecular flexibility index (Phi) is 6.81. The van der Waals surface area contributed by atoms with Crippen molar-refractivity contribution < 1.29 is 27.5 Å². The molecule has 2 amide bonds. The minimum atomic E-state index is -1.60. The highest BCUT2D eigenvalue weighted by Crippen LogP contribution is 2.62. The first-order valence-corrected chi connectivity index (χ1v) is 11.7. The molecule has 5 rings (SSSR count). The van der Waals surface area contributed by atoms with Crippen LogP contribution in [0.3, 0.4) is 0 Å². The zero-order valence-electron chi connectivity index (χ0n) is 17.8. The van der Waals surface area contributed by atoms with Crippen LogP contribution >= 0.6 is 23.4 Å². The lowest BCUT2D eigenvalue weighted by Crippen LogP contribution is -2.42. The van der Waals surface area contributed by atoms with E-state index in [0.29, 0.717) is 29.4 Å². The van der Waals surface area contributed by atoms with Crippen LogP contribution in [0.2, 0.25) is 5.02 Å². The van der Waals surface area contributed by atoms with Gasteiger partial charge in [-0.2, -0.15) is 0 Å². The first kappa shape index (κ1) is 23.8. The van der Waals surface area contributed by atoms with Gasteiger partial charge in [0.05, 0.1) is 11.6 Å². The lowest BCUT2D eigenvalue weighted by molar-refractivity contribution is 0.102. The molecule has 2 N–H and O–H groups in total. The summed E-state index contributed by atoms with van der Waals surface area (Å²) >= 11 is 7.97. The first-order valence-electron chi connectivity index (χ1n) is 10.5. The number of halogens is 4. The Morgan fingerprint density at radius 1 is 1.18 bits per heavy atom. The van der Waals surface area contributed by atoms with Crippen molar-refractivity contribution in [1.29, 1.82) is 0 Å². The van der Waals surface area contributed by atoms with Crippen molar-refractivity contribution in [3.63, 3.8) is 0 Å². The molecule has 176 valence electrons. The number of alkyl carbamates (subject to hydrolysis) is 1. The number of hydrogen-bond donors (Lipinski definition) is 2. The SMILES string of the molecule is CNC(=O)OCC1CC2C(C)C1C2Sc1cc(C(=O)Nc2cc(F)c(F)c(F)c2)ccc1Cl. The van der Waals surface area contributed by atoms with Crippen molar-refractivity contribution in [3.05, 3.63) is 58.4 Å². The van der Waals surface area contributed by atoms with E-state index in [-0.39, 0.29) is 22.4 Å². The number of anilines is 1. The number of nitrogens with one attached hydrogen (secondary N) is 2. The maximum absolute atomic E-state index is 13.4. The monoisotopic (exact) mass is 498 g/mol. The molecule has 5 nitrogen and oxygen atoms in total. The fourth-order valence-electron chi connectivity index (χ4n) is 4.89. The predicted octanol–water partition coefficient (Wildman–Crippen LogP) is 5.73. The van der Waals surface area contributed by atoms with Gasteiger partial charge in [0.15, 0.2) is 17.5 Å². The molecule has 0 aliphatic heterocycles. The molecule has 5 atom stereocenters. The highest BCUT2D eigenvalue weighted by atomic mass is 35.5. The molecule has 2 aromatic carbocycles. The van der Waals surface area contributed by atoms with Gasteiger partial charge in [-0.1, -0.05) is 18.5 Å². The van der Waals surface area contributed by atoms with E-state index in [0.717, 1.165) is 23.4 Å². The lowest BCUT2D eigenvalue weighted by Gasteiger charge is -2.43. The zero-order valence-corrected chi connectivity index (χ0v) is 19.4. The molecule has 2 aromatic rings. The van der Waals surface area contributed by atoms with E-state index in [9.17, 15) is 22.8 Å². The number of ether oxygens (including phenoxy) is 1. The largest absolute Gasteiger partial charge is 0.449 e. The van der Waals surface area contributed by atoms with Crippen LogP contribution in [0.15, 0.2) is 35.2 Å². The van der Waals surface area contributed by atoms with E-state index in [2.05, 4.69) is 17.6 Å². The molecule has 0 aromatic heterocycles. The van der Waals surface area contributed by atoms with Gasteiger partial charge in [-0.3, -0.25) is 4.79 Å². The summed E-state index contributed by atoms with van der Waals surface area (Å²) in [6, 6.07) is 6.18. The minimum absolute atomic E-state index is 0.189. The standard InChI is InChI=1S/C23H22ClF3N2O3S/c1-10-14-5-12(9-32-23(31)28-2)19(10)21(14)33-18-6-11(3-4-15(18)24)22(30)29-13-7-16(25)20(27)17(26)8-13/h3-4,6-8,10,12,14,19,21H,5,9H2,1-2H3,(H,28,31)(H,29,30). The third kappa shape index (κ3) is 4.66. The zero-order chi connectivity index (χ0) is 23.9. The van der Waals surface area contributed by atoms with Crippen LogP contribution in [0.25, 0.3) is 0 Å². The van der Waals surface area contributed by atoms with Gasteiger partial charge < -0.3 is 15.4 Å². The number of hydrogen-bond acceptors (Lipinski definition) is 4. The van der Waals surface area contributed by atoms with Gasteiger partial charge in [0, 0.05) is 40.6 Å². The quantitative estimate of drug-likeness (QED) is 0.499. The van der Waals surface area contributed by atoms with E-state index in [4.69, 9.17) is 16.3 Å². The minimum Gasteiger partial charge on any atom is -0.449 e. The summed E-state index contributed by atoms with van der Waals surface area (Å²) in [5, 5.41) is 5.61. The lowest BCUT2D eigenvalue weighted by atomic mass is 9.71. The Bertz CT molecular complexity index is 1080. The molecule has 3 aliphatic rings. The Balaban J connectivity index is 1.45. The third-order valence-electron chi connectivity index (χ3n) is 6.53. The van der Waals surface area contributed by atoms with Crippen LogP contribution in [-0.2, 0) is 4.74 Å². The molecular weight excluding hydrogens is 477 g/mol. The van der Waals surface area contributed by atoms with Gasteiger partial charge >= 0.3 is 6.09 Å². The van der Waals surface area contributed by atoms with E-state index in [1.165, 1.54) is 13.1 Å². The molecule has 10 heteroatoms. The Labute approximate surface area is 198 Å². The van der Waals surface area contributed by atoms with Crippen LogP contribution in [0.4, 0.5) is 23.7 Å². The normalized spacial score (nSPS) is 25.3. The van der Waals surface area contributed by atoms with Gasteiger partial charge in [-0.15, -0.1) is 11.8 Å². The molecule has 2 bridgehead atoms. The summed E-state index contributed by atoms with van der Waals surface area (Å²) < 4.78 is 45.3. The van der Waals surface area contributed by atoms with Crippen LogP contribution in [0.5, 0.6) is 0 Å². The number of thioether (sulfide) groups is 1. The van der Waals surface area contributed by atoms with E-state index < -0.39 is 29.5 Å². The maximum atomic E-state index is 13.4. The smallest absolute Gasteiger partial charge is 0.406 e. The van der Waals surface area contributed by atoms with Crippen LogP contribution in [0.1, 0.15) is 23.7 Å². The number of fused-ring (bicyclic) bond motifs is 1. The van der Waals surface area contributed by atoms with Gasteiger partial charge in [-0.25, -0.2) is 18.0 Å². The van der Waals surface area contributed by atoms with Gasteiger partial charge in [0.1, 0.15) is 0 Å². The highest BCUT2D eigenvalue weighted by molar-refractivity contribution is 8.00. The highest BCUT2D eigenvalue weighted by Gasteiger charge is 2.58. The molecule has 5 unspecified atom stereocenters. The molecule has 3 saturated carbocycles. The van der Waals surface area contributed by atoms with E-state index in [1.807, 2.05) is 0 Å². The van der Waals surface area contributed by atoms with Crippen LogP contribution in [0, 0.1) is 41.1 Å². The maximum Gasteiger partial charge on any atom is 0.406 e. The first-order chi connectivity index (χ1) is 15.7. The molecule has 3 fully saturated rings. The predicted molar refractivity (Wildman–Crippen MR) is 120 cm³/mol. The second kappa shape index (κ2) is 9.46. The number of carbonyl (C=O) groups excluding carboxylic acids is 2. The van der Waals surface area contributed by atoms with E-state index in [1.54, 1.807) is 23.9 Å². The third-order valence-corrected chi connectivity index (χ3v) is 8.50. The average molecular weight is 499 g/mol. The van der Waals surface area contributed by atoms with Crippen LogP contribution in [-0.4, -0.2) is 30.9 Å². The summed E-state index contributed by atoms with van der Waals surface area (Å²) in [4.78, 5) is 24.8. The Morgan fingerprint density at radius 3 is 2.55 bits per heavy atom. The number of amides is 2. The fourth-order valence-corrected chi connectivity index (χ4v) is 6.97. The van der Waals surface area contributed by atoms with Crippen molar-refractivity contribution in [2.75, 3.05) is 19.0 Å². The second-order valence-electron chi connectivity index (χ2n) is 8.38. The number of carbonyl (C=O) groups is 2. The average Bonchev–Trinajstić information content (AvgIpc) is 3.32. The van der Waals surface area contributed by atoms with Crippen molar-refractivity contribution in [2.24, 2.45) is 23.7 Å². The molecule has 0 spiro atoms. The van der Waals surface area contributed by atoms with E-state index >= 15 is 0 Å². The molecule has 0 saturated heterocycles. The van der Waals surface area contributed by atoms with Crippen molar-refractivity contribution >= 4 is 41.1 Å². The number of benzene rings is 2. The van der Waals surface area contributed by atoms with Gasteiger partial charge in [-0.05, 0) is 48.3 Å². The van der Waals surface area contributed by atoms with Crippen LogP contribution < -0.4 is 10.6 Å². The molecule has 0 radical (unpaired) electrons. The van der Waals surface area contributed by atoms with Crippen molar-refractivity contribution in [3.8, 4) is 0 Å². The fraction of sp³-hybridized carbons (Fsp3) is 0.391. The molecular formula is C23H22ClF3N2O3S. The Hall–Kier alpha value is -2.39. The van der Waals surface area contributed by atoms with Gasteiger partial charge in [0.25, 0.3) is 5.91 Å². The molecule has 3 aliphatic carbocycles. The summed E-state index contributed by atoms with van der Waals surface area (Å²) in [6.45, 7) is 2.56. The second-order valence-corrected chi connectivity index (χ2v) is 10.0. The molecule has 33 heavy (non-hydrogen) atoms. The van der Waals surface area contributed by atoms with Crippen molar-refractivity contribution in [2.45, 2.75) is 23.5 Å². The van der Waals surface area contributed by atoms with Crippen molar-refractivity contribution in [1.82, 2.24) is 5.32 Å². The summed E-state index contributed by atoms with van der Waals surface area (Å²) in [5.74, 6) is -3.37.